The van der Waals surface area contributed by atoms with Gasteiger partial charge in [-0.25, -0.2) is 0 Å². The average molecular weight is 328 g/mol. The highest BCUT2D eigenvalue weighted by molar-refractivity contribution is 6.41. The van der Waals surface area contributed by atoms with Crippen LogP contribution < -0.4 is 0 Å². The Morgan fingerprint density at radius 3 is 2.76 bits per heavy atom. The van der Waals surface area contributed by atoms with Gasteiger partial charge < -0.3 is 14.0 Å². The number of carbonyl (C=O) groups is 1. The normalized spacial score (nSPS) is 18.5. The van der Waals surface area contributed by atoms with E-state index in [0.29, 0.717) is 22.4 Å². The molecular weight excluding hydrogens is 313 g/mol. The quantitative estimate of drug-likeness (QED) is 0.846. The van der Waals surface area contributed by atoms with E-state index >= 15 is 0 Å². The molecule has 5 nitrogen and oxygen atoms in total. The second kappa shape index (κ2) is 5.39. The van der Waals surface area contributed by atoms with Gasteiger partial charge in [-0.2, -0.15) is 0 Å². The molecule has 0 saturated carbocycles. The van der Waals surface area contributed by atoms with E-state index in [2.05, 4.69) is 5.16 Å². The fourth-order valence-corrected chi connectivity index (χ4v) is 3.12. The molecule has 21 heavy (non-hydrogen) atoms. The molecule has 0 N–H and O–H groups in total. The van der Waals surface area contributed by atoms with Gasteiger partial charge in [0.2, 0.25) is 0 Å². The van der Waals surface area contributed by atoms with E-state index < -0.39 is 0 Å². The molecule has 0 aromatic carbocycles. The van der Waals surface area contributed by atoms with Gasteiger partial charge in [0.1, 0.15) is 10.8 Å². The molecule has 7 heteroatoms. The van der Waals surface area contributed by atoms with Crippen LogP contribution in [0.1, 0.15) is 40.8 Å². The Morgan fingerprint density at radius 1 is 1.43 bits per heavy atom. The Bertz CT molecular complexity index is 692. The second-order valence-electron chi connectivity index (χ2n) is 5.25. The first-order valence-electron chi connectivity index (χ1n) is 6.74. The number of nitrogens with zero attached hydrogens (tertiary/aromatic N) is 3. The Labute approximate surface area is 132 Å². The number of carbonyl (C=O) groups excluding carboxylic acids is 1. The van der Waals surface area contributed by atoms with Crippen LogP contribution in [-0.4, -0.2) is 27.1 Å². The highest BCUT2D eigenvalue weighted by atomic mass is 35.5. The lowest BCUT2D eigenvalue weighted by atomic mass is 10.1. The molecular formula is C14H15Cl2N3O2. The Hall–Kier alpha value is -1.46. The van der Waals surface area contributed by atoms with Gasteiger partial charge in [0.15, 0.2) is 5.76 Å². The maximum Gasteiger partial charge on any atom is 0.271 e. The lowest BCUT2D eigenvalue weighted by molar-refractivity contribution is 0.0705. The fourth-order valence-electron chi connectivity index (χ4n) is 2.74. The summed E-state index contributed by atoms with van der Waals surface area (Å²) >= 11 is 12.0. The van der Waals surface area contributed by atoms with Gasteiger partial charge in [0.25, 0.3) is 5.91 Å². The number of hydrogen-bond donors (Lipinski definition) is 0. The van der Waals surface area contributed by atoms with Gasteiger partial charge in [-0.3, -0.25) is 4.79 Å². The van der Waals surface area contributed by atoms with Crippen LogP contribution in [0.25, 0.3) is 0 Å². The lowest BCUT2D eigenvalue weighted by Gasteiger charge is -2.22. The first-order valence-corrected chi connectivity index (χ1v) is 7.49. The van der Waals surface area contributed by atoms with E-state index in [9.17, 15) is 4.79 Å². The van der Waals surface area contributed by atoms with Gasteiger partial charge in [-0.1, -0.05) is 28.4 Å². The molecule has 1 aliphatic heterocycles. The molecule has 1 amide bonds. The number of halogens is 2. The van der Waals surface area contributed by atoms with Crippen molar-refractivity contribution < 1.29 is 9.32 Å². The van der Waals surface area contributed by atoms with Crippen molar-refractivity contribution in [1.82, 2.24) is 14.6 Å². The first-order chi connectivity index (χ1) is 9.99. The summed E-state index contributed by atoms with van der Waals surface area (Å²) in [6, 6.07) is 3.40. The molecule has 3 heterocycles. The zero-order valence-electron chi connectivity index (χ0n) is 11.8. The third-order valence-corrected chi connectivity index (χ3v) is 4.67. The Kier molecular flexibility index (Phi) is 3.71. The molecule has 0 bridgehead atoms. The summed E-state index contributed by atoms with van der Waals surface area (Å²) < 4.78 is 6.93. The summed E-state index contributed by atoms with van der Waals surface area (Å²) in [6.45, 7) is 2.55. The van der Waals surface area contributed by atoms with E-state index in [1.165, 1.54) is 0 Å². The van der Waals surface area contributed by atoms with Crippen LogP contribution in [-0.2, 0) is 7.05 Å². The van der Waals surface area contributed by atoms with Gasteiger partial charge in [-0.05, 0) is 25.8 Å². The highest BCUT2D eigenvalue weighted by Crippen LogP contribution is 2.35. The molecule has 0 radical (unpaired) electrons. The van der Waals surface area contributed by atoms with Crippen molar-refractivity contribution in [3.63, 3.8) is 0 Å². The van der Waals surface area contributed by atoms with Crippen molar-refractivity contribution >= 4 is 29.1 Å². The van der Waals surface area contributed by atoms with E-state index in [4.69, 9.17) is 27.7 Å². The summed E-state index contributed by atoms with van der Waals surface area (Å²) in [5.74, 6) is 0.632. The predicted molar refractivity (Wildman–Crippen MR) is 79.7 cm³/mol. The van der Waals surface area contributed by atoms with Crippen LogP contribution in [0.15, 0.2) is 16.7 Å². The predicted octanol–water partition coefficient (Wildman–Crippen LogP) is 3.61. The maximum absolute atomic E-state index is 12.7. The van der Waals surface area contributed by atoms with Crippen molar-refractivity contribution in [2.45, 2.75) is 25.8 Å². The highest BCUT2D eigenvalue weighted by Gasteiger charge is 2.34. The SMILES string of the molecule is Cc1cc([C@@H]2CCCN2C(=O)c2cc(Cl)c(Cl)n2C)on1. The zero-order valence-corrected chi connectivity index (χ0v) is 13.3. The Morgan fingerprint density at radius 2 is 2.19 bits per heavy atom. The van der Waals surface area contributed by atoms with Crippen molar-refractivity contribution in [3.05, 3.63) is 39.5 Å². The number of rotatable bonds is 2. The number of aromatic nitrogens is 2. The molecule has 2 aromatic rings. The summed E-state index contributed by atoms with van der Waals surface area (Å²) in [7, 11) is 1.73. The smallest absolute Gasteiger partial charge is 0.271 e. The van der Waals surface area contributed by atoms with Crippen LogP contribution >= 0.6 is 23.2 Å². The molecule has 0 aliphatic carbocycles. The third kappa shape index (κ3) is 2.45. The number of aryl methyl sites for hydroxylation is 1. The first kappa shape index (κ1) is 14.5. The molecule has 2 aromatic heterocycles. The van der Waals surface area contributed by atoms with Crippen molar-refractivity contribution in [2.75, 3.05) is 6.54 Å². The minimum absolute atomic E-state index is 0.0776. The van der Waals surface area contributed by atoms with Crippen LogP contribution in [0.3, 0.4) is 0 Å². The molecule has 1 saturated heterocycles. The molecule has 0 unspecified atom stereocenters. The third-order valence-electron chi connectivity index (χ3n) is 3.82. The fraction of sp³-hybridized carbons (Fsp3) is 0.429. The van der Waals surface area contributed by atoms with E-state index in [-0.39, 0.29) is 11.9 Å². The summed E-state index contributed by atoms with van der Waals surface area (Å²) in [4.78, 5) is 14.5. The van der Waals surface area contributed by atoms with E-state index in [0.717, 1.165) is 24.3 Å². The maximum atomic E-state index is 12.7. The van der Waals surface area contributed by atoms with Crippen molar-refractivity contribution in [3.8, 4) is 0 Å². The minimum atomic E-state index is -0.0946. The average Bonchev–Trinajstić information content (AvgIpc) is 3.14. The van der Waals surface area contributed by atoms with Gasteiger partial charge in [-0.15, -0.1) is 0 Å². The molecule has 112 valence electrons. The van der Waals surface area contributed by atoms with Crippen molar-refractivity contribution in [1.29, 1.82) is 0 Å². The van der Waals surface area contributed by atoms with Crippen LogP contribution in [0.2, 0.25) is 10.2 Å². The van der Waals surface area contributed by atoms with Crippen LogP contribution in [0, 0.1) is 6.92 Å². The summed E-state index contributed by atoms with van der Waals surface area (Å²) in [6.07, 6.45) is 1.80. The number of likely N-dealkylation sites (tertiary alicyclic amines) is 1. The number of hydrogen-bond acceptors (Lipinski definition) is 3. The summed E-state index contributed by atoms with van der Waals surface area (Å²) in [5.41, 5.74) is 1.29. The molecule has 0 spiro atoms. The summed E-state index contributed by atoms with van der Waals surface area (Å²) in [5, 5.41) is 4.65. The molecule has 1 atom stereocenters. The second-order valence-corrected chi connectivity index (χ2v) is 6.02. The molecule has 3 rings (SSSR count). The van der Waals surface area contributed by atoms with E-state index in [1.807, 2.05) is 13.0 Å². The van der Waals surface area contributed by atoms with Crippen molar-refractivity contribution in [2.24, 2.45) is 7.05 Å². The van der Waals surface area contributed by atoms with Gasteiger partial charge in [0, 0.05) is 19.7 Å². The largest absolute Gasteiger partial charge is 0.359 e. The zero-order chi connectivity index (χ0) is 15.1. The number of amides is 1. The van der Waals surface area contributed by atoms with Gasteiger partial charge in [0.05, 0.1) is 16.8 Å². The van der Waals surface area contributed by atoms with Crippen LogP contribution in [0.5, 0.6) is 0 Å². The molecule has 1 aliphatic rings. The van der Waals surface area contributed by atoms with E-state index in [1.54, 1.807) is 22.6 Å². The Balaban J connectivity index is 1.91. The topological polar surface area (TPSA) is 51.3 Å². The molecule has 1 fully saturated rings. The van der Waals surface area contributed by atoms with Gasteiger partial charge >= 0.3 is 0 Å². The lowest BCUT2D eigenvalue weighted by Crippen LogP contribution is -2.31. The monoisotopic (exact) mass is 327 g/mol. The minimum Gasteiger partial charge on any atom is -0.359 e. The standard InChI is InChI=1S/C14H15Cl2N3O2/c1-8-6-12(21-17-8)10-4-3-5-19(10)14(20)11-7-9(15)13(16)18(11)2/h6-7,10H,3-5H2,1-2H3/t10-/m0/s1. The van der Waals surface area contributed by atoms with Crippen LogP contribution in [0.4, 0.5) is 0 Å².